The Hall–Kier alpha value is -0.520. The zero-order chi connectivity index (χ0) is 11.2. The molecule has 0 rings (SSSR count). The molecule has 0 aliphatic rings. The van der Waals surface area contributed by atoms with Gasteiger partial charge in [0.2, 0.25) is 0 Å². The van der Waals surface area contributed by atoms with Crippen LogP contribution in [0.4, 0.5) is 0 Å². The third kappa shape index (κ3) is 8.10. The number of terminal acetylenes is 1. The first-order valence-electron chi connectivity index (χ1n) is 5.18. The largest absolute Gasteiger partial charge is 0.390 e. The minimum atomic E-state index is -0.634. The van der Waals surface area contributed by atoms with Gasteiger partial charge in [-0.2, -0.15) is 0 Å². The van der Waals surface area contributed by atoms with Gasteiger partial charge in [-0.05, 0) is 47.1 Å². The highest BCUT2D eigenvalue weighted by Gasteiger charge is 2.20. The van der Waals surface area contributed by atoms with Gasteiger partial charge in [0, 0.05) is 12.0 Å². The van der Waals surface area contributed by atoms with Crippen molar-refractivity contribution in [1.82, 2.24) is 5.32 Å². The topological polar surface area (TPSA) is 32.3 Å². The Balaban J connectivity index is 3.72. The summed E-state index contributed by atoms with van der Waals surface area (Å²) in [6, 6.07) is 0. The van der Waals surface area contributed by atoms with E-state index in [0.29, 0.717) is 12.8 Å². The molecule has 0 bridgehead atoms. The summed E-state index contributed by atoms with van der Waals surface area (Å²) in [5.41, 5.74) is -0.521. The number of aliphatic hydroxyl groups is 1. The molecule has 0 aromatic heterocycles. The molecule has 0 heterocycles. The molecule has 2 N–H and O–H groups in total. The van der Waals surface area contributed by atoms with Gasteiger partial charge in [0.25, 0.3) is 0 Å². The molecule has 2 heteroatoms. The minimum Gasteiger partial charge on any atom is -0.390 e. The lowest BCUT2D eigenvalue weighted by atomic mass is 9.96. The van der Waals surface area contributed by atoms with Gasteiger partial charge in [-0.15, -0.1) is 12.3 Å². The lowest BCUT2D eigenvalue weighted by Crippen LogP contribution is -2.39. The molecule has 0 aromatic rings. The monoisotopic (exact) mass is 197 g/mol. The van der Waals surface area contributed by atoms with E-state index in [9.17, 15) is 5.11 Å². The van der Waals surface area contributed by atoms with E-state index in [-0.39, 0.29) is 5.54 Å². The lowest BCUT2D eigenvalue weighted by molar-refractivity contribution is 0.0423. The summed E-state index contributed by atoms with van der Waals surface area (Å²) in [4.78, 5) is 0. The maximum atomic E-state index is 9.91. The third-order valence-electron chi connectivity index (χ3n) is 2.13. The van der Waals surface area contributed by atoms with Crippen LogP contribution in [0.2, 0.25) is 0 Å². The van der Waals surface area contributed by atoms with Gasteiger partial charge in [-0.1, -0.05) is 0 Å². The summed E-state index contributed by atoms with van der Waals surface area (Å²) in [6.45, 7) is 9.01. The van der Waals surface area contributed by atoms with Gasteiger partial charge >= 0.3 is 0 Å². The lowest BCUT2D eigenvalue weighted by Gasteiger charge is -2.26. The van der Waals surface area contributed by atoms with Crippen molar-refractivity contribution < 1.29 is 5.11 Å². The van der Waals surface area contributed by atoms with Crippen molar-refractivity contribution in [2.24, 2.45) is 0 Å². The van der Waals surface area contributed by atoms with Crippen molar-refractivity contribution in [2.45, 2.75) is 58.1 Å². The fourth-order valence-electron chi connectivity index (χ4n) is 1.17. The Kier molecular flexibility index (Phi) is 5.18. The smallest absolute Gasteiger partial charge is 0.0641 e. The normalized spacial score (nSPS) is 16.0. The van der Waals surface area contributed by atoms with E-state index in [4.69, 9.17) is 6.42 Å². The summed E-state index contributed by atoms with van der Waals surface area (Å²) in [7, 11) is 0. The first-order chi connectivity index (χ1) is 6.27. The second kappa shape index (κ2) is 5.38. The molecule has 0 saturated carbocycles. The van der Waals surface area contributed by atoms with Crippen molar-refractivity contribution in [1.29, 1.82) is 0 Å². The average molecular weight is 197 g/mol. The molecule has 14 heavy (non-hydrogen) atoms. The first-order valence-corrected chi connectivity index (χ1v) is 5.18. The second-order valence-corrected chi connectivity index (χ2v) is 5.13. The number of rotatable bonds is 5. The van der Waals surface area contributed by atoms with E-state index in [1.54, 1.807) is 0 Å². The zero-order valence-electron chi connectivity index (χ0n) is 9.85. The summed E-state index contributed by atoms with van der Waals surface area (Å²) in [5.74, 6) is 2.55. The molecule has 0 aromatic carbocycles. The van der Waals surface area contributed by atoms with Crippen LogP contribution in [0.15, 0.2) is 0 Å². The summed E-state index contributed by atoms with van der Waals surface area (Å²) < 4.78 is 0. The van der Waals surface area contributed by atoms with Gasteiger partial charge in [0.05, 0.1) is 5.60 Å². The number of hydrogen-bond acceptors (Lipinski definition) is 2. The van der Waals surface area contributed by atoms with E-state index in [2.05, 4.69) is 32.0 Å². The molecule has 1 atom stereocenters. The predicted octanol–water partition coefficient (Wildman–Crippen LogP) is 1.93. The standard InChI is InChI=1S/C12H23NO/c1-6-7-8-12(5,14)9-10-13-11(2,3)4/h1,13-14H,7-10H2,2-5H3. The van der Waals surface area contributed by atoms with Gasteiger partial charge in [-0.25, -0.2) is 0 Å². The minimum absolute atomic E-state index is 0.113. The molecule has 0 aliphatic heterocycles. The van der Waals surface area contributed by atoms with Gasteiger partial charge in [-0.3, -0.25) is 0 Å². The highest BCUT2D eigenvalue weighted by molar-refractivity contribution is 4.88. The summed E-state index contributed by atoms with van der Waals surface area (Å²) in [6.07, 6.45) is 7.22. The third-order valence-corrected chi connectivity index (χ3v) is 2.13. The molecular weight excluding hydrogens is 174 g/mol. The number of hydrogen-bond donors (Lipinski definition) is 2. The van der Waals surface area contributed by atoms with Crippen molar-refractivity contribution in [3.8, 4) is 12.3 Å². The van der Waals surface area contributed by atoms with E-state index in [1.807, 2.05) is 6.92 Å². The van der Waals surface area contributed by atoms with Crippen molar-refractivity contribution in [3.63, 3.8) is 0 Å². The molecule has 2 nitrogen and oxygen atoms in total. The molecule has 1 unspecified atom stereocenters. The average Bonchev–Trinajstić information content (AvgIpc) is 1.98. The Bertz CT molecular complexity index is 195. The second-order valence-electron chi connectivity index (χ2n) is 5.13. The van der Waals surface area contributed by atoms with Crippen LogP contribution in [-0.4, -0.2) is 22.8 Å². The quantitative estimate of drug-likeness (QED) is 0.660. The zero-order valence-corrected chi connectivity index (χ0v) is 9.85. The molecule has 0 radical (unpaired) electrons. The SMILES string of the molecule is C#CCCC(C)(O)CCNC(C)(C)C. The van der Waals surface area contributed by atoms with E-state index in [1.165, 1.54) is 0 Å². The molecule has 82 valence electrons. The Morgan fingerprint density at radius 2 is 1.79 bits per heavy atom. The van der Waals surface area contributed by atoms with Crippen LogP contribution < -0.4 is 5.32 Å². The van der Waals surface area contributed by atoms with Gasteiger partial charge in [0.15, 0.2) is 0 Å². The van der Waals surface area contributed by atoms with Crippen LogP contribution in [0.25, 0.3) is 0 Å². The van der Waals surface area contributed by atoms with E-state index >= 15 is 0 Å². The van der Waals surface area contributed by atoms with Crippen LogP contribution in [0.1, 0.15) is 47.0 Å². The first kappa shape index (κ1) is 13.5. The van der Waals surface area contributed by atoms with E-state index < -0.39 is 5.60 Å². The fourth-order valence-corrected chi connectivity index (χ4v) is 1.17. The maximum absolute atomic E-state index is 9.91. The molecule has 0 saturated heterocycles. The van der Waals surface area contributed by atoms with Crippen LogP contribution >= 0.6 is 0 Å². The summed E-state index contributed by atoms with van der Waals surface area (Å²) >= 11 is 0. The Morgan fingerprint density at radius 1 is 1.21 bits per heavy atom. The van der Waals surface area contributed by atoms with Crippen molar-refractivity contribution in [2.75, 3.05) is 6.54 Å². The van der Waals surface area contributed by atoms with Crippen LogP contribution in [0.3, 0.4) is 0 Å². The summed E-state index contributed by atoms with van der Waals surface area (Å²) in [5, 5.41) is 13.2. The van der Waals surface area contributed by atoms with Gasteiger partial charge < -0.3 is 10.4 Å². The Labute approximate surface area is 88.1 Å². The molecular formula is C12H23NO. The maximum Gasteiger partial charge on any atom is 0.0641 e. The highest BCUT2D eigenvalue weighted by Crippen LogP contribution is 2.15. The van der Waals surface area contributed by atoms with Crippen LogP contribution in [-0.2, 0) is 0 Å². The fraction of sp³-hybridized carbons (Fsp3) is 0.833. The van der Waals surface area contributed by atoms with Gasteiger partial charge in [0.1, 0.15) is 0 Å². The Morgan fingerprint density at radius 3 is 2.21 bits per heavy atom. The van der Waals surface area contributed by atoms with E-state index in [0.717, 1.165) is 13.0 Å². The number of nitrogens with one attached hydrogen (secondary N) is 1. The molecule has 0 aliphatic carbocycles. The van der Waals surface area contributed by atoms with Crippen molar-refractivity contribution in [3.05, 3.63) is 0 Å². The van der Waals surface area contributed by atoms with Crippen LogP contribution in [0, 0.1) is 12.3 Å². The predicted molar refractivity (Wildman–Crippen MR) is 61.1 cm³/mol. The van der Waals surface area contributed by atoms with Crippen LogP contribution in [0.5, 0.6) is 0 Å². The van der Waals surface area contributed by atoms with Crippen molar-refractivity contribution >= 4 is 0 Å². The molecule has 0 spiro atoms. The molecule has 0 amide bonds. The molecule has 0 fully saturated rings. The highest BCUT2D eigenvalue weighted by atomic mass is 16.3.